The molecule has 21 heavy (non-hydrogen) atoms. The van der Waals surface area contributed by atoms with Gasteiger partial charge in [0.05, 0.1) is 13.7 Å². The lowest BCUT2D eigenvalue weighted by atomic mass is 9.97. The van der Waals surface area contributed by atoms with Crippen LogP contribution in [0.1, 0.15) is 5.56 Å². The van der Waals surface area contributed by atoms with Crippen molar-refractivity contribution in [2.24, 2.45) is 4.99 Å². The fourth-order valence-electron chi connectivity index (χ4n) is 2.11. The molecule has 2 rings (SSSR count). The monoisotopic (exact) mass is 297 g/mol. The number of aliphatic hydroxyl groups excluding tert-OH is 4. The molecule has 0 spiro atoms. The molecular weight excluding hydrogens is 278 g/mol. The van der Waals surface area contributed by atoms with Gasteiger partial charge in [0.25, 0.3) is 0 Å². The van der Waals surface area contributed by atoms with Crippen molar-refractivity contribution in [2.45, 2.75) is 30.6 Å². The molecule has 1 heterocycles. The van der Waals surface area contributed by atoms with E-state index in [-0.39, 0.29) is 0 Å². The second-order valence-corrected chi connectivity index (χ2v) is 4.77. The molecule has 0 radical (unpaired) electrons. The minimum absolute atomic E-state index is 0.496. The molecule has 1 aliphatic rings. The highest BCUT2D eigenvalue weighted by Crippen LogP contribution is 2.22. The van der Waals surface area contributed by atoms with Crippen LogP contribution < -0.4 is 4.74 Å². The lowest BCUT2D eigenvalue weighted by Gasteiger charge is -2.38. The van der Waals surface area contributed by atoms with Crippen LogP contribution in [0.15, 0.2) is 29.3 Å². The van der Waals surface area contributed by atoms with Gasteiger partial charge in [0.15, 0.2) is 6.29 Å². The number of nitrogens with zero attached hydrogens (tertiary/aromatic N) is 1. The van der Waals surface area contributed by atoms with Crippen LogP contribution in [0.3, 0.4) is 0 Å². The number of rotatable bonds is 4. The predicted molar refractivity (Wildman–Crippen MR) is 74.4 cm³/mol. The van der Waals surface area contributed by atoms with Gasteiger partial charge in [-0.05, 0) is 29.8 Å². The summed E-state index contributed by atoms with van der Waals surface area (Å²) in [4.78, 5) is 4.06. The third-order valence-electron chi connectivity index (χ3n) is 3.38. The Labute approximate surface area is 122 Å². The summed E-state index contributed by atoms with van der Waals surface area (Å²) in [6.07, 6.45) is -3.58. The molecule has 0 amide bonds. The van der Waals surface area contributed by atoms with Gasteiger partial charge in [0, 0.05) is 6.21 Å². The van der Waals surface area contributed by atoms with Gasteiger partial charge in [0.2, 0.25) is 0 Å². The number of methoxy groups -OCH3 is 1. The van der Waals surface area contributed by atoms with Crippen LogP contribution in [0.5, 0.6) is 5.75 Å². The summed E-state index contributed by atoms with van der Waals surface area (Å²) in [7, 11) is 1.56. The van der Waals surface area contributed by atoms with Crippen LogP contribution in [0.4, 0.5) is 0 Å². The molecule has 116 valence electrons. The first-order chi connectivity index (χ1) is 10.1. The predicted octanol–water partition coefficient (Wildman–Crippen LogP) is -1.09. The Balaban J connectivity index is 2.08. The van der Waals surface area contributed by atoms with Crippen LogP contribution in [0.25, 0.3) is 0 Å². The smallest absolute Gasteiger partial charge is 0.180 e. The van der Waals surface area contributed by atoms with Crippen LogP contribution in [0.2, 0.25) is 0 Å². The van der Waals surface area contributed by atoms with Crippen molar-refractivity contribution in [1.82, 2.24) is 0 Å². The van der Waals surface area contributed by atoms with E-state index in [0.717, 1.165) is 5.56 Å². The average Bonchev–Trinajstić information content (AvgIpc) is 2.51. The molecule has 1 aromatic rings. The number of ether oxygens (including phenoxy) is 2. The Morgan fingerprint density at radius 1 is 1.19 bits per heavy atom. The number of aliphatic imine (C=N–C) groups is 1. The van der Waals surface area contributed by atoms with E-state index in [1.54, 1.807) is 31.4 Å². The zero-order valence-corrected chi connectivity index (χ0v) is 11.5. The molecule has 0 saturated carbocycles. The number of hydrogen-bond donors (Lipinski definition) is 4. The number of hydrogen-bond acceptors (Lipinski definition) is 7. The SMILES string of the molecule is COc1ccc(C=N[C@@H]2[C@@H](O)[C@H](O)[C@H](CO)O[C@@H]2O)cc1. The van der Waals surface area contributed by atoms with Crippen molar-refractivity contribution in [3.05, 3.63) is 29.8 Å². The van der Waals surface area contributed by atoms with E-state index in [1.165, 1.54) is 6.21 Å². The molecule has 1 saturated heterocycles. The summed E-state index contributed by atoms with van der Waals surface area (Å²) in [5, 5.41) is 38.5. The molecule has 0 aliphatic carbocycles. The highest BCUT2D eigenvalue weighted by molar-refractivity contribution is 5.79. The molecule has 1 fully saturated rings. The molecule has 0 bridgehead atoms. The van der Waals surface area contributed by atoms with E-state index in [1.807, 2.05) is 0 Å². The summed E-state index contributed by atoms with van der Waals surface area (Å²) in [6, 6.07) is 6.00. The zero-order chi connectivity index (χ0) is 15.4. The molecule has 1 aromatic carbocycles. The van der Waals surface area contributed by atoms with Crippen LogP contribution in [0, 0.1) is 0 Å². The van der Waals surface area contributed by atoms with Gasteiger partial charge >= 0.3 is 0 Å². The van der Waals surface area contributed by atoms with Crippen molar-refractivity contribution in [2.75, 3.05) is 13.7 Å². The molecular formula is C14H19NO6. The first kappa shape index (κ1) is 15.9. The minimum Gasteiger partial charge on any atom is -0.497 e. The van der Waals surface area contributed by atoms with E-state index in [2.05, 4.69) is 4.99 Å². The third-order valence-corrected chi connectivity index (χ3v) is 3.38. The topological polar surface area (TPSA) is 112 Å². The largest absolute Gasteiger partial charge is 0.497 e. The maximum atomic E-state index is 9.93. The average molecular weight is 297 g/mol. The number of benzene rings is 1. The van der Waals surface area contributed by atoms with Gasteiger partial charge in [-0.1, -0.05) is 0 Å². The van der Waals surface area contributed by atoms with Crippen molar-refractivity contribution >= 4 is 6.21 Å². The van der Waals surface area contributed by atoms with Gasteiger partial charge in [-0.3, -0.25) is 4.99 Å². The van der Waals surface area contributed by atoms with Gasteiger partial charge in [-0.15, -0.1) is 0 Å². The van der Waals surface area contributed by atoms with Crippen molar-refractivity contribution < 1.29 is 29.9 Å². The summed E-state index contributed by atoms with van der Waals surface area (Å²) < 4.78 is 10.1. The molecule has 5 atom stereocenters. The molecule has 0 aromatic heterocycles. The van der Waals surface area contributed by atoms with Gasteiger partial charge < -0.3 is 29.9 Å². The molecule has 1 aliphatic heterocycles. The zero-order valence-electron chi connectivity index (χ0n) is 11.5. The Bertz CT molecular complexity index is 477. The molecule has 7 heteroatoms. The van der Waals surface area contributed by atoms with Gasteiger partial charge in [-0.25, -0.2) is 0 Å². The Hall–Kier alpha value is -1.51. The van der Waals surface area contributed by atoms with Crippen molar-refractivity contribution in [1.29, 1.82) is 0 Å². The van der Waals surface area contributed by atoms with E-state index in [9.17, 15) is 15.3 Å². The molecule has 0 unspecified atom stereocenters. The summed E-state index contributed by atoms with van der Waals surface area (Å²) in [5.74, 6) is 0.703. The third kappa shape index (κ3) is 3.58. The molecule has 4 N–H and O–H groups in total. The first-order valence-corrected chi connectivity index (χ1v) is 6.54. The first-order valence-electron chi connectivity index (χ1n) is 6.54. The highest BCUT2D eigenvalue weighted by atomic mass is 16.6. The van der Waals surface area contributed by atoms with Gasteiger partial charge in [0.1, 0.15) is 30.1 Å². The summed E-state index contributed by atoms with van der Waals surface area (Å²) >= 11 is 0. The normalized spacial score (nSPS) is 33.3. The quantitative estimate of drug-likeness (QED) is 0.526. The van der Waals surface area contributed by atoms with Crippen LogP contribution in [-0.4, -0.2) is 71.0 Å². The lowest BCUT2D eigenvalue weighted by molar-refractivity contribution is -0.248. The minimum atomic E-state index is -1.39. The van der Waals surface area contributed by atoms with Crippen LogP contribution in [-0.2, 0) is 4.74 Å². The fourth-order valence-corrected chi connectivity index (χ4v) is 2.11. The van der Waals surface area contributed by atoms with E-state index >= 15 is 0 Å². The summed E-state index contributed by atoms with van der Waals surface area (Å²) in [5.41, 5.74) is 0.744. The van der Waals surface area contributed by atoms with E-state index in [0.29, 0.717) is 5.75 Å². The standard InChI is InChI=1S/C14H19NO6/c1-20-9-4-2-8(3-5-9)6-15-11-13(18)12(17)10(7-16)21-14(11)19/h2-6,10-14,16-19H,7H2,1H3/t10-,11+,12+,13+,14-/m0/s1. The van der Waals surface area contributed by atoms with E-state index < -0.39 is 37.3 Å². The lowest BCUT2D eigenvalue weighted by Crippen LogP contribution is -2.57. The second kappa shape index (κ2) is 6.97. The van der Waals surface area contributed by atoms with Gasteiger partial charge in [-0.2, -0.15) is 0 Å². The highest BCUT2D eigenvalue weighted by Gasteiger charge is 2.43. The Kier molecular flexibility index (Phi) is 5.27. The number of aliphatic hydroxyl groups is 4. The van der Waals surface area contributed by atoms with Crippen molar-refractivity contribution in [3.8, 4) is 5.75 Å². The Morgan fingerprint density at radius 3 is 2.43 bits per heavy atom. The summed E-state index contributed by atoms with van der Waals surface area (Å²) in [6.45, 7) is -0.496. The Morgan fingerprint density at radius 2 is 1.86 bits per heavy atom. The maximum Gasteiger partial charge on any atom is 0.180 e. The second-order valence-electron chi connectivity index (χ2n) is 4.77. The van der Waals surface area contributed by atoms with E-state index in [4.69, 9.17) is 14.6 Å². The maximum absolute atomic E-state index is 9.93. The fraction of sp³-hybridized carbons (Fsp3) is 0.500. The van der Waals surface area contributed by atoms with Crippen LogP contribution >= 0.6 is 0 Å². The molecule has 7 nitrogen and oxygen atoms in total. The van der Waals surface area contributed by atoms with Crippen molar-refractivity contribution in [3.63, 3.8) is 0 Å².